The molecule has 1 aliphatic rings. The van der Waals surface area contributed by atoms with Crippen molar-refractivity contribution in [2.45, 2.75) is 31.4 Å². The number of carbonyl (C=O) groups excluding carboxylic acids is 2. The van der Waals surface area contributed by atoms with Crippen molar-refractivity contribution in [3.8, 4) is 5.75 Å². The molecule has 0 fully saturated rings. The quantitative estimate of drug-likeness (QED) is 0.655. The van der Waals surface area contributed by atoms with E-state index in [0.717, 1.165) is 5.56 Å². The van der Waals surface area contributed by atoms with Gasteiger partial charge in [0.05, 0.1) is 12.1 Å². The first-order chi connectivity index (χ1) is 14.4. The van der Waals surface area contributed by atoms with Gasteiger partial charge in [-0.25, -0.2) is 0 Å². The second-order valence-corrected chi connectivity index (χ2v) is 7.09. The Morgan fingerprint density at radius 2 is 1.77 bits per heavy atom. The lowest BCUT2D eigenvalue weighted by Gasteiger charge is -2.24. The van der Waals surface area contributed by atoms with Gasteiger partial charge >= 0.3 is 5.97 Å². The molecule has 8 nitrogen and oxygen atoms in total. The Hall–Kier alpha value is -3.68. The van der Waals surface area contributed by atoms with E-state index in [4.69, 9.17) is 14.7 Å². The van der Waals surface area contributed by atoms with Crippen molar-refractivity contribution < 1.29 is 29.1 Å². The molecular weight excluding hydrogens is 388 g/mol. The van der Waals surface area contributed by atoms with Gasteiger partial charge in [0.25, 0.3) is 5.91 Å². The number of carbonyl (C=O) groups is 3. The average Bonchev–Trinajstić information content (AvgIpc) is 3.16. The van der Waals surface area contributed by atoms with Crippen LogP contribution in [0.4, 0.5) is 0 Å². The van der Waals surface area contributed by atoms with Crippen LogP contribution in [0.25, 0.3) is 0 Å². The standard InChI is InChI=1S/C22H22N2O6/c1-22(13-18(24-30-22)15-8-4-2-5-9-15)21(28)23-17(12-20(26)27)19(25)14-29-16-10-6-3-7-11-16/h2-11,17H,12-14H2,1H3,(H,23,28)(H,26,27). The van der Waals surface area contributed by atoms with Crippen molar-refractivity contribution in [1.29, 1.82) is 0 Å². The molecule has 30 heavy (non-hydrogen) atoms. The first-order valence-electron chi connectivity index (χ1n) is 9.41. The molecule has 1 heterocycles. The number of nitrogens with zero attached hydrogens (tertiary/aromatic N) is 1. The zero-order valence-corrected chi connectivity index (χ0v) is 16.4. The third-order valence-corrected chi connectivity index (χ3v) is 4.65. The van der Waals surface area contributed by atoms with E-state index >= 15 is 0 Å². The maximum absolute atomic E-state index is 12.8. The molecule has 0 saturated heterocycles. The molecule has 2 unspecified atom stereocenters. The number of amides is 1. The summed E-state index contributed by atoms with van der Waals surface area (Å²) in [7, 11) is 0. The van der Waals surface area contributed by atoms with Crippen LogP contribution in [0.15, 0.2) is 65.8 Å². The van der Waals surface area contributed by atoms with Gasteiger partial charge in [-0.1, -0.05) is 53.7 Å². The van der Waals surface area contributed by atoms with Crippen LogP contribution in [0.2, 0.25) is 0 Å². The van der Waals surface area contributed by atoms with E-state index in [1.54, 1.807) is 37.3 Å². The van der Waals surface area contributed by atoms with E-state index in [1.165, 1.54) is 0 Å². The molecule has 8 heteroatoms. The minimum Gasteiger partial charge on any atom is -0.486 e. The molecule has 156 valence electrons. The van der Waals surface area contributed by atoms with Gasteiger partial charge in [-0.2, -0.15) is 0 Å². The van der Waals surface area contributed by atoms with Crippen LogP contribution in [0.3, 0.4) is 0 Å². The Morgan fingerprint density at radius 3 is 2.40 bits per heavy atom. The summed E-state index contributed by atoms with van der Waals surface area (Å²) >= 11 is 0. The molecule has 1 aliphatic heterocycles. The van der Waals surface area contributed by atoms with Gasteiger partial charge in [0, 0.05) is 6.42 Å². The summed E-state index contributed by atoms with van der Waals surface area (Å²) in [6.07, 6.45) is -0.372. The molecule has 0 spiro atoms. The normalized spacial score (nSPS) is 18.6. The van der Waals surface area contributed by atoms with Crippen LogP contribution in [0.5, 0.6) is 5.75 Å². The van der Waals surface area contributed by atoms with Crippen molar-refractivity contribution in [2.75, 3.05) is 6.61 Å². The van der Waals surface area contributed by atoms with E-state index in [0.29, 0.717) is 11.5 Å². The number of nitrogens with one attached hydrogen (secondary N) is 1. The number of ketones is 1. The molecule has 0 radical (unpaired) electrons. The first-order valence-corrected chi connectivity index (χ1v) is 9.41. The maximum Gasteiger partial charge on any atom is 0.305 e. The predicted octanol–water partition coefficient (Wildman–Crippen LogP) is 2.18. The summed E-state index contributed by atoms with van der Waals surface area (Å²) in [5, 5.41) is 15.6. The highest BCUT2D eigenvalue weighted by atomic mass is 16.7. The van der Waals surface area contributed by atoms with E-state index in [9.17, 15) is 14.4 Å². The van der Waals surface area contributed by atoms with Crippen molar-refractivity contribution in [1.82, 2.24) is 5.32 Å². The molecule has 2 atom stereocenters. The molecule has 3 rings (SSSR count). The maximum atomic E-state index is 12.8. The summed E-state index contributed by atoms with van der Waals surface area (Å²) in [5.41, 5.74) is 0.0768. The van der Waals surface area contributed by atoms with Crippen molar-refractivity contribution in [3.63, 3.8) is 0 Å². The molecule has 2 N–H and O–H groups in total. The Bertz CT molecular complexity index is 945. The summed E-state index contributed by atoms with van der Waals surface area (Å²) in [6.45, 7) is 1.18. The smallest absolute Gasteiger partial charge is 0.305 e. The molecule has 0 aromatic heterocycles. The van der Waals surface area contributed by atoms with Gasteiger partial charge in [0.15, 0.2) is 5.78 Å². The number of ether oxygens (including phenoxy) is 1. The van der Waals surface area contributed by atoms with Crippen LogP contribution in [0.1, 0.15) is 25.3 Å². The fraction of sp³-hybridized carbons (Fsp3) is 0.273. The SMILES string of the molecule is CC1(C(=O)NC(CC(=O)O)C(=O)COc2ccccc2)CC(c2ccccc2)=NO1. The fourth-order valence-electron chi connectivity index (χ4n) is 2.95. The summed E-state index contributed by atoms with van der Waals surface area (Å²) in [5.74, 6) is -1.91. The van der Waals surface area contributed by atoms with Gasteiger partial charge in [-0.15, -0.1) is 0 Å². The molecule has 1 amide bonds. The average molecular weight is 410 g/mol. The van der Waals surface area contributed by atoms with E-state index < -0.39 is 35.7 Å². The molecule has 2 aromatic rings. The fourth-order valence-corrected chi connectivity index (χ4v) is 2.95. The van der Waals surface area contributed by atoms with Crippen molar-refractivity contribution in [2.24, 2.45) is 5.16 Å². The highest BCUT2D eigenvalue weighted by molar-refractivity contribution is 6.06. The number of oxime groups is 1. The third-order valence-electron chi connectivity index (χ3n) is 4.65. The zero-order chi connectivity index (χ0) is 21.6. The van der Waals surface area contributed by atoms with Crippen LogP contribution < -0.4 is 10.1 Å². The number of hydrogen-bond donors (Lipinski definition) is 2. The van der Waals surface area contributed by atoms with Gasteiger partial charge in [-0.3, -0.25) is 14.4 Å². The lowest BCUT2D eigenvalue weighted by Crippen LogP contribution is -2.52. The highest BCUT2D eigenvalue weighted by Gasteiger charge is 2.43. The Labute approximate surface area is 173 Å². The van der Waals surface area contributed by atoms with Gasteiger partial charge in [-0.05, 0) is 24.6 Å². The minimum absolute atomic E-state index is 0.192. The van der Waals surface area contributed by atoms with E-state index in [2.05, 4.69) is 10.5 Å². The number of hydrogen-bond acceptors (Lipinski definition) is 6. The number of aliphatic carboxylic acids is 1. The highest BCUT2D eigenvalue weighted by Crippen LogP contribution is 2.27. The van der Waals surface area contributed by atoms with E-state index in [1.807, 2.05) is 30.3 Å². The zero-order valence-electron chi connectivity index (χ0n) is 16.4. The molecule has 0 bridgehead atoms. The molecular formula is C22H22N2O6. The summed E-state index contributed by atoms with van der Waals surface area (Å²) in [6, 6.07) is 16.7. The van der Waals surface area contributed by atoms with Crippen LogP contribution in [0, 0.1) is 0 Å². The Kier molecular flexibility index (Phi) is 6.46. The van der Waals surface area contributed by atoms with Gasteiger partial charge < -0.3 is 20.0 Å². The van der Waals surface area contributed by atoms with E-state index in [-0.39, 0.29) is 13.0 Å². The van der Waals surface area contributed by atoms with Crippen LogP contribution >= 0.6 is 0 Å². The summed E-state index contributed by atoms with van der Waals surface area (Å²) in [4.78, 5) is 41.9. The predicted molar refractivity (Wildman–Crippen MR) is 108 cm³/mol. The number of carboxylic acids is 1. The minimum atomic E-state index is -1.34. The monoisotopic (exact) mass is 410 g/mol. The lowest BCUT2D eigenvalue weighted by atomic mass is 9.94. The number of para-hydroxylation sites is 1. The van der Waals surface area contributed by atoms with Gasteiger partial charge in [0.2, 0.25) is 5.60 Å². The Morgan fingerprint density at radius 1 is 1.13 bits per heavy atom. The molecule has 2 aromatic carbocycles. The topological polar surface area (TPSA) is 114 Å². The summed E-state index contributed by atoms with van der Waals surface area (Å²) < 4.78 is 5.39. The Balaban J connectivity index is 1.63. The first kappa shape index (κ1) is 21.0. The molecule has 0 aliphatic carbocycles. The number of rotatable bonds is 9. The second kappa shape index (κ2) is 9.21. The number of Topliss-reactive ketones (excluding diaryl/α,β-unsaturated/α-hetero) is 1. The lowest BCUT2D eigenvalue weighted by molar-refractivity contribution is -0.146. The molecule has 0 saturated carbocycles. The van der Waals surface area contributed by atoms with Crippen molar-refractivity contribution in [3.05, 3.63) is 66.2 Å². The number of benzene rings is 2. The van der Waals surface area contributed by atoms with Gasteiger partial charge in [0.1, 0.15) is 18.4 Å². The second-order valence-electron chi connectivity index (χ2n) is 7.09. The van der Waals surface area contributed by atoms with Crippen LogP contribution in [-0.4, -0.2) is 46.7 Å². The number of carboxylic acid groups (broad SMARTS) is 1. The van der Waals surface area contributed by atoms with Crippen LogP contribution in [-0.2, 0) is 19.2 Å². The third kappa shape index (κ3) is 5.22. The van der Waals surface area contributed by atoms with Crippen molar-refractivity contribution >= 4 is 23.4 Å². The largest absolute Gasteiger partial charge is 0.486 e.